The highest BCUT2D eigenvalue weighted by Gasteiger charge is 2.20. The van der Waals surface area contributed by atoms with Gasteiger partial charge in [-0.05, 0) is 30.9 Å². The van der Waals surface area contributed by atoms with Crippen molar-refractivity contribution in [3.63, 3.8) is 0 Å². The van der Waals surface area contributed by atoms with Crippen LogP contribution in [-0.2, 0) is 10.0 Å². The average molecular weight is 306 g/mol. The molecule has 3 N–H and O–H groups in total. The van der Waals surface area contributed by atoms with E-state index in [0.29, 0.717) is 0 Å². The zero-order valence-electron chi connectivity index (χ0n) is 10.8. The van der Waals surface area contributed by atoms with Crippen LogP contribution in [0.15, 0.2) is 17.2 Å². The van der Waals surface area contributed by atoms with Crippen molar-refractivity contribution in [2.45, 2.75) is 31.2 Å². The van der Waals surface area contributed by atoms with Crippen molar-refractivity contribution in [3.05, 3.63) is 18.0 Å². The van der Waals surface area contributed by atoms with Gasteiger partial charge in [0.2, 0.25) is 10.0 Å². The molecule has 108 valence electrons. The summed E-state index contributed by atoms with van der Waals surface area (Å²) in [7, 11) is -3.66. The van der Waals surface area contributed by atoms with Gasteiger partial charge in [-0.2, -0.15) is 11.8 Å². The number of H-pyrrole nitrogens is 1. The van der Waals surface area contributed by atoms with E-state index >= 15 is 0 Å². The third kappa shape index (κ3) is 4.88. The van der Waals surface area contributed by atoms with Crippen molar-refractivity contribution in [2.24, 2.45) is 0 Å². The predicted molar refractivity (Wildman–Crippen MR) is 75.2 cm³/mol. The Balaban J connectivity index is 2.66. The molecule has 0 aliphatic rings. The van der Waals surface area contributed by atoms with E-state index in [1.165, 1.54) is 6.20 Å². The molecule has 0 amide bonds. The highest BCUT2D eigenvalue weighted by Crippen LogP contribution is 2.12. The first kappa shape index (κ1) is 16.1. The predicted octanol–water partition coefficient (Wildman–Crippen LogP) is 1.52. The van der Waals surface area contributed by atoms with Crippen LogP contribution < -0.4 is 4.72 Å². The molecule has 1 aromatic heterocycles. The monoisotopic (exact) mass is 306 g/mol. The molecule has 0 fully saturated rings. The molecule has 0 radical (unpaired) electrons. The maximum Gasteiger partial charge on any atom is 0.352 e. The average Bonchev–Trinajstić information content (AvgIpc) is 2.78. The topological polar surface area (TPSA) is 99.3 Å². The highest BCUT2D eigenvalue weighted by molar-refractivity contribution is 7.99. The van der Waals surface area contributed by atoms with Gasteiger partial charge in [0.25, 0.3) is 0 Å². The Hall–Kier alpha value is -0.990. The zero-order valence-corrected chi connectivity index (χ0v) is 12.5. The number of aromatic carboxylic acids is 1. The van der Waals surface area contributed by atoms with Gasteiger partial charge >= 0.3 is 5.97 Å². The molecule has 1 rings (SSSR count). The van der Waals surface area contributed by atoms with Crippen LogP contribution in [0.1, 0.15) is 30.8 Å². The molecular weight excluding hydrogens is 288 g/mol. The first-order valence-corrected chi connectivity index (χ1v) is 8.52. The summed E-state index contributed by atoms with van der Waals surface area (Å²) in [4.78, 5) is 13.0. The van der Waals surface area contributed by atoms with Crippen LogP contribution in [0.5, 0.6) is 0 Å². The lowest BCUT2D eigenvalue weighted by Crippen LogP contribution is -2.32. The second-order valence-corrected chi connectivity index (χ2v) is 7.17. The fourth-order valence-electron chi connectivity index (χ4n) is 1.45. The third-order valence-electron chi connectivity index (χ3n) is 2.45. The molecule has 0 spiro atoms. The summed E-state index contributed by atoms with van der Waals surface area (Å²) >= 11 is 1.75. The maximum atomic E-state index is 12.0. The van der Waals surface area contributed by atoms with Crippen LogP contribution in [0.3, 0.4) is 0 Å². The van der Waals surface area contributed by atoms with Crippen LogP contribution in [-0.4, -0.2) is 42.0 Å². The number of carboxylic acid groups (broad SMARTS) is 1. The first-order valence-electron chi connectivity index (χ1n) is 5.88. The number of nitrogens with one attached hydrogen (secondary N) is 2. The molecule has 1 atom stereocenters. The largest absolute Gasteiger partial charge is 0.477 e. The fraction of sp³-hybridized carbons (Fsp3) is 0.545. The molecule has 6 nitrogen and oxygen atoms in total. The van der Waals surface area contributed by atoms with E-state index < -0.39 is 16.0 Å². The van der Waals surface area contributed by atoms with E-state index in [0.717, 1.165) is 24.0 Å². The number of rotatable bonds is 8. The Morgan fingerprint density at radius 3 is 2.79 bits per heavy atom. The number of carboxylic acids is 1. The van der Waals surface area contributed by atoms with E-state index in [9.17, 15) is 13.2 Å². The van der Waals surface area contributed by atoms with Crippen molar-refractivity contribution < 1.29 is 18.3 Å². The van der Waals surface area contributed by atoms with Crippen LogP contribution >= 0.6 is 11.8 Å². The van der Waals surface area contributed by atoms with Crippen LogP contribution in [0.4, 0.5) is 0 Å². The Morgan fingerprint density at radius 2 is 2.26 bits per heavy atom. The summed E-state index contributed by atoms with van der Waals surface area (Å²) in [5, 5.41) is 8.74. The summed E-state index contributed by atoms with van der Waals surface area (Å²) < 4.78 is 26.5. The van der Waals surface area contributed by atoms with E-state index in [1.54, 1.807) is 18.7 Å². The fourth-order valence-corrected chi connectivity index (χ4v) is 3.53. The van der Waals surface area contributed by atoms with Crippen molar-refractivity contribution in [1.29, 1.82) is 0 Å². The third-order valence-corrected chi connectivity index (χ3v) is 4.95. The first-order chi connectivity index (χ1) is 8.86. The number of aromatic amines is 1. The minimum atomic E-state index is -3.66. The Morgan fingerprint density at radius 1 is 1.58 bits per heavy atom. The molecular formula is C11H18N2O4S2. The lowest BCUT2D eigenvalue weighted by molar-refractivity contribution is 0.0691. The SMILES string of the molecule is CCSCCC(C)NS(=O)(=O)c1c[nH]c(C(=O)O)c1. The standard InChI is InChI=1S/C11H18N2O4S2/c1-3-18-5-4-8(2)13-19(16,17)9-6-10(11(14)15)12-7-9/h6-8,12-13H,3-5H2,1-2H3,(H,14,15). The van der Waals surface area contributed by atoms with Gasteiger partial charge in [-0.15, -0.1) is 0 Å². The molecule has 1 unspecified atom stereocenters. The second-order valence-electron chi connectivity index (χ2n) is 4.06. The van der Waals surface area contributed by atoms with E-state index in [4.69, 9.17) is 5.11 Å². The summed E-state index contributed by atoms with van der Waals surface area (Å²) in [5.74, 6) is 0.696. The molecule has 0 saturated carbocycles. The molecule has 0 aliphatic heterocycles. The van der Waals surface area contributed by atoms with Crippen LogP contribution in [0.2, 0.25) is 0 Å². The molecule has 1 aromatic rings. The second kappa shape index (κ2) is 6.97. The highest BCUT2D eigenvalue weighted by atomic mass is 32.2. The normalized spacial score (nSPS) is 13.4. The van der Waals surface area contributed by atoms with Crippen molar-refractivity contribution in [1.82, 2.24) is 9.71 Å². The van der Waals surface area contributed by atoms with Gasteiger partial charge in [0.15, 0.2) is 0 Å². The molecule has 19 heavy (non-hydrogen) atoms. The van der Waals surface area contributed by atoms with Gasteiger partial charge in [0, 0.05) is 12.2 Å². The maximum absolute atomic E-state index is 12.0. The van der Waals surface area contributed by atoms with Gasteiger partial charge in [0.05, 0.1) is 0 Å². The van der Waals surface area contributed by atoms with Crippen LogP contribution in [0, 0.1) is 0 Å². The van der Waals surface area contributed by atoms with Gasteiger partial charge in [-0.25, -0.2) is 17.9 Å². The molecule has 0 bridgehead atoms. The van der Waals surface area contributed by atoms with Crippen molar-refractivity contribution >= 4 is 27.8 Å². The number of hydrogen-bond acceptors (Lipinski definition) is 4. The Labute approximate surface area is 117 Å². The molecule has 1 heterocycles. The summed E-state index contributed by atoms with van der Waals surface area (Å²) in [5.41, 5.74) is -0.144. The number of thioether (sulfide) groups is 1. The van der Waals surface area contributed by atoms with Gasteiger partial charge in [-0.3, -0.25) is 0 Å². The van der Waals surface area contributed by atoms with E-state index in [1.807, 2.05) is 6.92 Å². The Bertz CT molecular complexity index is 525. The van der Waals surface area contributed by atoms with E-state index in [2.05, 4.69) is 9.71 Å². The lowest BCUT2D eigenvalue weighted by atomic mass is 10.3. The quantitative estimate of drug-likeness (QED) is 0.632. The lowest BCUT2D eigenvalue weighted by Gasteiger charge is -2.12. The van der Waals surface area contributed by atoms with E-state index in [-0.39, 0.29) is 16.6 Å². The summed E-state index contributed by atoms with van der Waals surface area (Å²) in [6.07, 6.45) is 1.91. The van der Waals surface area contributed by atoms with Gasteiger partial charge in [0.1, 0.15) is 10.6 Å². The summed E-state index contributed by atoms with van der Waals surface area (Å²) in [6.45, 7) is 3.84. The van der Waals surface area contributed by atoms with Gasteiger partial charge < -0.3 is 10.1 Å². The number of aromatic nitrogens is 1. The summed E-state index contributed by atoms with van der Waals surface area (Å²) in [6, 6.07) is 0.922. The zero-order chi connectivity index (χ0) is 14.5. The number of hydrogen-bond donors (Lipinski definition) is 3. The molecule has 8 heteroatoms. The van der Waals surface area contributed by atoms with Crippen LogP contribution in [0.25, 0.3) is 0 Å². The number of carbonyl (C=O) groups is 1. The molecule has 0 aromatic carbocycles. The van der Waals surface area contributed by atoms with Crippen molar-refractivity contribution in [3.8, 4) is 0 Å². The van der Waals surface area contributed by atoms with Gasteiger partial charge in [-0.1, -0.05) is 6.92 Å². The Kier molecular flexibility index (Phi) is 5.89. The minimum Gasteiger partial charge on any atom is -0.477 e. The molecule has 0 aliphatic carbocycles. The minimum absolute atomic E-state index is 0.0557. The number of sulfonamides is 1. The molecule has 0 saturated heterocycles. The smallest absolute Gasteiger partial charge is 0.352 e. The van der Waals surface area contributed by atoms with Crippen molar-refractivity contribution in [2.75, 3.05) is 11.5 Å².